The zero-order chi connectivity index (χ0) is 17.8. The van der Waals surface area contributed by atoms with Crippen molar-refractivity contribution in [1.29, 1.82) is 0 Å². The number of para-hydroxylation sites is 1. The number of thiocarbonyl (C=S) groups is 1. The van der Waals surface area contributed by atoms with Crippen molar-refractivity contribution in [2.45, 2.75) is 20.3 Å². The van der Waals surface area contributed by atoms with Crippen molar-refractivity contribution in [3.63, 3.8) is 0 Å². The molecule has 0 aromatic heterocycles. The highest BCUT2D eigenvalue weighted by atomic mass is 32.1. The second kappa shape index (κ2) is 7.49. The average Bonchev–Trinajstić information content (AvgIpc) is 2.90. The van der Waals surface area contributed by atoms with Crippen molar-refractivity contribution in [1.82, 2.24) is 5.32 Å². The molecule has 1 amide bonds. The summed E-state index contributed by atoms with van der Waals surface area (Å²) in [5.74, 6) is 0.671. The number of ether oxygens (including phenoxy) is 1. The summed E-state index contributed by atoms with van der Waals surface area (Å²) in [6.07, 6.45) is 2.64. The van der Waals surface area contributed by atoms with E-state index in [0.29, 0.717) is 17.4 Å². The minimum atomic E-state index is -0.139. The van der Waals surface area contributed by atoms with E-state index in [1.54, 1.807) is 11.0 Å². The molecule has 25 heavy (non-hydrogen) atoms. The van der Waals surface area contributed by atoms with Gasteiger partial charge in [0, 0.05) is 0 Å². The van der Waals surface area contributed by atoms with Crippen molar-refractivity contribution >= 4 is 35.0 Å². The molecular weight excluding hydrogens is 332 g/mol. The third kappa shape index (κ3) is 3.56. The van der Waals surface area contributed by atoms with Gasteiger partial charge in [0.1, 0.15) is 11.4 Å². The number of nitrogens with one attached hydrogen (secondary N) is 1. The van der Waals surface area contributed by atoms with Crippen LogP contribution in [0.15, 0.2) is 54.2 Å². The van der Waals surface area contributed by atoms with Crippen molar-refractivity contribution in [2.75, 3.05) is 11.5 Å². The highest BCUT2D eigenvalue weighted by Gasteiger charge is 2.32. The number of benzene rings is 2. The first-order valence-corrected chi connectivity index (χ1v) is 8.72. The van der Waals surface area contributed by atoms with E-state index in [2.05, 4.69) is 12.2 Å². The fourth-order valence-corrected chi connectivity index (χ4v) is 3.07. The van der Waals surface area contributed by atoms with E-state index in [0.717, 1.165) is 29.0 Å². The number of nitrogens with zero attached hydrogens (tertiary/aromatic N) is 1. The van der Waals surface area contributed by atoms with E-state index in [4.69, 9.17) is 17.0 Å². The zero-order valence-corrected chi connectivity index (χ0v) is 15.1. The predicted molar refractivity (Wildman–Crippen MR) is 105 cm³/mol. The fourth-order valence-electron chi connectivity index (χ4n) is 2.78. The van der Waals surface area contributed by atoms with Crippen molar-refractivity contribution in [3.05, 3.63) is 65.4 Å². The lowest BCUT2D eigenvalue weighted by atomic mass is 10.1. The molecule has 0 spiro atoms. The van der Waals surface area contributed by atoms with E-state index in [1.165, 1.54) is 0 Å². The number of amides is 1. The van der Waals surface area contributed by atoms with Crippen LogP contribution in [0.25, 0.3) is 6.08 Å². The van der Waals surface area contributed by atoms with E-state index in [-0.39, 0.29) is 5.91 Å². The maximum absolute atomic E-state index is 12.8. The Kier molecular flexibility index (Phi) is 5.14. The molecule has 0 aliphatic carbocycles. The fraction of sp³-hybridized carbons (Fsp3) is 0.200. The van der Waals surface area contributed by atoms with Gasteiger partial charge in [0.15, 0.2) is 5.11 Å². The van der Waals surface area contributed by atoms with Crippen LogP contribution in [0.5, 0.6) is 5.75 Å². The predicted octanol–water partition coefficient (Wildman–Crippen LogP) is 3.91. The van der Waals surface area contributed by atoms with Crippen LogP contribution in [0.2, 0.25) is 0 Å². The van der Waals surface area contributed by atoms with Gasteiger partial charge in [-0.2, -0.15) is 0 Å². The summed E-state index contributed by atoms with van der Waals surface area (Å²) < 4.78 is 5.44. The standard InChI is InChI=1S/C20H20N2O2S/c1-3-15-7-5-6-8-18(15)22-19(23)17(21-20(22)25)13-14-9-11-16(12-10-14)24-4-2/h5-13H,3-4H2,1-2H3,(H,21,25)/b17-13-. The molecule has 3 rings (SSSR count). The van der Waals surface area contributed by atoms with Crippen LogP contribution in [-0.4, -0.2) is 17.6 Å². The minimum Gasteiger partial charge on any atom is -0.494 e. The number of aryl methyl sites for hydroxylation is 1. The molecule has 0 radical (unpaired) electrons. The molecular formula is C20H20N2O2S. The molecule has 0 saturated carbocycles. The van der Waals surface area contributed by atoms with E-state index in [9.17, 15) is 4.79 Å². The molecule has 0 unspecified atom stereocenters. The van der Waals surface area contributed by atoms with Crippen LogP contribution in [0.1, 0.15) is 25.0 Å². The van der Waals surface area contributed by atoms with Crippen LogP contribution in [0, 0.1) is 0 Å². The molecule has 4 nitrogen and oxygen atoms in total. The first kappa shape index (κ1) is 17.2. The van der Waals surface area contributed by atoms with Crippen LogP contribution >= 0.6 is 12.2 Å². The normalized spacial score (nSPS) is 15.6. The van der Waals surface area contributed by atoms with Gasteiger partial charge in [0.2, 0.25) is 0 Å². The average molecular weight is 352 g/mol. The SMILES string of the molecule is CCOc1ccc(/C=C2\NC(=S)N(c3ccccc3CC)C2=O)cc1. The Labute approximate surface area is 153 Å². The lowest BCUT2D eigenvalue weighted by Crippen LogP contribution is -2.31. The molecule has 0 bridgehead atoms. The number of carbonyl (C=O) groups is 1. The quantitative estimate of drug-likeness (QED) is 0.654. The van der Waals surface area contributed by atoms with Crippen molar-refractivity contribution in [2.24, 2.45) is 0 Å². The lowest BCUT2D eigenvalue weighted by molar-refractivity contribution is -0.113. The number of hydrogen-bond acceptors (Lipinski definition) is 3. The summed E-state index contributed by atoms with van der Waals surface area (Å²) in [6, 6.07) is 15.4. The molecule has 1 heterocycles. The molecule has 1 aliphatic heterocycles. The Hall–Kier alpha value is -2.66. The number of carbonyl (C=O) groups excluding carboxylic acids is 1. The van der Waals surface area contributed by atoms with Crippen molar-refractivity contribution < 1.29 is 9.53 Å². The van der Waals surface area contributed by atoms with E-state index in [1.807, 2.05) is 55.5 Å². The molecule has 1 aliphatic rings. The Bertz CT molecular complexity index is 828. The van der Waals surface area contributed by atoms with Gasteiger partial charge in [-0.3, -0.25) is 9.69 Å². The third-order valence-electron chi connectivity index (χ3n) is 3.99. The molecule has 2 aromatic carbocycles. The highest BCUT2D eigenvalue weighted by Crippen LogP contribution is 2.26. The summed E-state index contributed by atoms with van der Waals surface area (Å²) in [7, 11) is 0. The van der Waals surface area contributed by atoms with Gasteiger partial charge in [-0.05, 0) is 61.0 Å². The Morgan fingerprint density at radius 2 is 1.84 bits per heavy atom. The Morgan fingerprint density at radius 3 is 2.52 bits per heavy atom. The second-order valence-corrected chi connectivity index (χ2v) is 6.00. The van der Waals surface area contributed by atoms with Gasteiger partial charge < -0.3 is 10.1 Å². The maximum Gasteiger partial charge on any atom is 0.281 e. The monoisotopic (exact) mass is 352 g/mol. The lowest BCUT2D eigenvalue weighted by Gasteiger charge is -2.17. The number of anilines is 1. The zero-order valence-electron chi connectivity index (χ0n) is 14.3. The smallest absolute Gasteiger partial charge is 0.281 e. The molecule has 1 fully saturated rings. The Balaban J connectivity index is 1.88. The highest BCUT2D eigenvalue weighted by molar-refractivity contribution is 7.80. The molecule has 0 atom stereocenters. The van der Waals surface area contributed by atoms with Gasteiger partial charge >= 0.3 is 0 Å². The third-order valence-corrected chi connectivity index (χ3v) is 4.28. The van der Waals surface area contributed by atoms with Gasteiger partial charge in [0.05, 0.1) is 12.3 Å². The van der Waals surface area contributed by atoms with Crippen molar-refractivity contribution in [3.8, 4) is 5.75 Å². The van der Waals surface area contributed by atoms with Gasteiger partial charge in [-0.15, -0.1) is 0 Å². The topological polar surface area (TPSA) is 41.6 Å². The second-order valence-electron chi connectivity index (χ2n) is 5.61. The molecule has 5 heteroatoms. The van der Waals surface area contributed by atoms with E-state index >= 15 is 0 Å². The Morgan fingerprint density at radius 1 is 1.12 bits per heavy atom. The van der Waals surface area contributed by atoms with Gasteiger partial charge in [-0.25, -0.2) is 0 Å². The molecule has 1 N–H and O–H groups in total. The van der Waals surface area contributed by atoms with Gasteiger partial charge in [-0.1, -0.05) is 37.3 Å². The summed E-state index contributed by atoms with van der Waals surface area (Å²) in [5, 5.41) is 3.44. The number of hydrogen-bond donors (Lipinski definition) is 1. The minimum absolute atomic E-state index is 0.139. The summed E-state index contributed by atoms with van der Waals surface area (Å²) >= 11 is 5.39. The first-order chi connectivity index (χ1) is 12.1. The van der Waals surface area contributed by atoms with Crippen LogP contribution in [-0.2, 0) is 11.2 Å². The summed E-state index contributed by atoms with van der Waals surface area (Å²) in [6.45, 7) is 4.63. The van der Waals surface area contributed by atoms with Crippen LogP contribution in [0.3, 0.4) is 0 Å². The molecule has 2 aromatic rings. The summed E-state index contributed by atoms with van der Waals surface area (Å²) in [4.78, 5) is 14.4. The van der Waals surface area contributed by atoms with Crippen LogP contribution < -0.4 is 15.0 Å². The van der Waals surface area contributed by atoms with Gasteiger partial charge in [0.25, 0.3) is 5.91 Å². The number of rotatable bonds is 5. The summed E-state index contributed by atoms with van der Waals surface area (Å²) in [5.41, 5.74) is 3.30. The molecule has 1 saturated heterocycles. The van der Waals surface area contributed by atoms with Crippen LogP contribution in [0.4, 0.5) is 5.69 Å². The maximum atomic E-state index is 12.8. The largest absolute Gasteiger partial charge is 0.494 e. The first-order valence-electron chi connectivity index (χ1n) is 8.32. The molecule has 128 valence electrons. The van der Waals surface area contributed by atoms with E-state index < -0.39 is 0 Å².